The van der Waals surface area contributed by atoms with E-state index in [2.05, 4.69) is 43.1 Å². The average molecular weight is 255 g/mol. The van der Waals surface area contributed by atoms with Crippen LogP contribution in [0.15, 0.2) is 12.1 Å². The molecule has 90 valence electrons. The van der Waals surface area contributed by atoms with Crippen molar-refractivity contribution >= 4 is 23.1 Å². The zero-order valence-corrected chi connectivity index (χ0v) is 11.8. The third-order valence-corrected chi connectivity index (χ3v) is 5.34. The summed E-state index contributed by atoms with van der Waals surface area (Å²) in [5, 5.41) is 3.68. The van der Waals surface area contributed by atoms with Crippen molar-refractivity contribution in [2.75, 3.05) is 18.1 Å². The van der Waals surface area contributed by atoms with Gasteiger partial charge in [-0.1, -0.05) is 0 Å². The lowest BCUT2D eigenvalue weighted by Gasteiger charge is -2.16. The third-order valence-electron chi connectivity index (χ3n) is 3.08. The second-order valence-corrected chi connectivity index (χ2v) is 7.28. The molecule has 1 saturated heterocycles. The third kappa shape index (κ3) is 3.79. The zero-order valence-electron chi connectivity index (χ0n) is 10.2. The van der Waals surface area contributed by atoms with Crippen molar-refractivity contribution in [3.63, 3.8) is 0 Å². The molecular formula is C13H21NS2. The summed E-state index contributed by atoms with van der Waals surface area (Å²) in [5.74, 6) is 3.64. The monoisotopic (exact) mass is 255 g/mol. The van der Waals surface area contributed by atoms with Crippen molar-refractivity contribution in [2.45, 2.75) is 32.7 Å². The van der Waals surface area contributed by atoms with Crippen LogP contribution in [0.2, 0.25) is 0 Å². The summed E-state index contributed by atoms with van der Waals surface area (Å²) >= 11 is 4.03. The van der Waals surface area contributed by atoms with Gasteiger partial charge in [-0.3, -0.25) is 0 Å². The number of hydrogen-bond acceptors (Lipinski definition) is 3. The van der Waals surface area contributed by atoms with E-state index in [-0.39, 0.29) is 0 Å². The lowest BCUT2D eigenvalue weighted by molar-refractivity contribution is 0.467. The summed E-state index contributed by atoms with van der Waals surface area (Å²) in [4.78, 5) is 2.94. The van der Waals surface area contributed by atoms with Gasteiger partial charge in [-0.05, 0) is 62.8 Å². The van der Waals surface area contributed by atoms with Gasteiger partial charge in [-0.2, -0.15) is 11.8 Å². The van der Waals surface area contributed by atoms with Crippen LogP contribution in [0.1, 0.15) is 23.1 Å². The van der Waals surface area contributed by atoms with Crippen molar-refractivity contribution in [2.24, 2.45) is 5.92 Å². The highest BCUT2D eigenvalue weighted by Crippen LogP contribution is 2.23. The topological polar surface area (TPSA) is 12.0 Å². The van der Waals surface area contributed by atoms with Gasteiger partial charge in [-0.25, -0.2) is 0 Å². The Hall–Kier alpha value is 0.01000. The molecule has 1 fully saturated rings. The maximum atomic E-state index is 3.68. The van der Waals surface area contributed by atoms with E-state index in [4.69, 9.17) is 0 Å². The zero-order chi connectivity index (χ0) is 11.4. The summed E-state index contributed by atoms with van der Waals surface area (Å²) in [6.45, 7) is 5.69. The normalized spacial score (nSPS) is 22.5. The molecular weight excluding hydrogens is 234 g/mol. The highest BCUT2D eigenvalue weighted by atomic mass is 32.2. The lowest BCUT2D eigenvalue weighted by Crippen LogP contribution is -2.32. The summed E-state index contributed by atoms with van der Waals surface area (Å²) in [7, 11) is 0. The van der Waals surface area contributed by atoms with Crippen LogP contribution < -0.4 is 5.32 Å². The Labute approximate surface area is 107 Å². The summed E-state index contributed by atoms with van der Waals surface area (Å²) in [6.07, 6.45) is 2.58. The molecule has 0 saturated carbocycles. The van der Waals surface area contributed by atoms with Crippen LogP contribution >= 0.6 is 23.1 Å². The maximum absolute atomic E-state index is 3.68. The first-order valence-electron chi connectivity index (χ1n) is 6.10. The molecule has 1 aliphatic heterocycles. The molecule has 0 bridgehead atoms. The SMILES string of the molecule is Cc1ccc(CC(C)NCC2CCSC2)s1. The van der Waals surface area contributed by atoms with Crippen LogP contribution in [0.4, 0.5) is 0 Å². The van der Waals surface area contributed by atoms with Gasteiger partial charge in [0.15, 0.2) is 0 Å². The molecule has 1 nitrogen and oxygen atoms in total. The van der Waals surface area contributed by atoms with E-state index in [0.717, 1.165) is 5.92 Å². The second kappa shape index (κ2) is 6.08. The molecule has 3 heteroatoms. The molecule has 0 aliphatic carbocycles. The highest BCUT2D eigenvalue weighted by molar-refractivity contribution is 7.99. The van der Waals surface area contributed by atoms with Gasteiger partial charge < -0.3 is 5.32 Å². The molecule has 1 N–H and O–H groups in total. The number of rotatable bonds is 5. The van der Waals surface area contributed by atoms with Crippen molar-refractivity contribution in [3.05, 3.63) is 21.9 Å². The van der Waals surface area contributed by atoms with E-state index in [1.54, 1.807) is 0 Å². The van der Waals surface area contributed by atoms with Gasteiger partial charge in [-0.15, -0.1) is 11.3 Å². The van der Waals surface area contributed by atoms with Crippen LogP contribution in [-0.2, 0) is 6.42 Å². The molecule has 1 aliphatic rings. The molecule has 2 atom stereocenters. The van der Waals surface area contributed by atoms with Gasteiger partial charge in [0, 0.05) is 15.8 Å². The quantitative estimate of drug-likeness (QED) is 0.866. The van der Waals surface area contributed by atoms with Gasteiger partial charge in [0.05, 0.1) is 0 Å². The molecule has 0 amide bonds. The summed E-state index contributed by atoms with van der Waals surface area (Å²) in [6, 6.07) is 5.10. The largest absolute Gasteiger partial charge is 0.314 e. The minimum Gasteiger partial charge on any atom is -0.314 e. The van der Waals surface area contributed by atoms with E-state index in [9.17, 15) is 0 Å². The Morgan fingerprint density at radius 2 is 2.38 bits per heavy atom. The number of aryl methyl sites for hydroxylation is 1. The Morgan fingerprint density at radius 1 is 1.50 bits per heavy atom. The maximum Gasteiger partial charge on any atom is 0.00871 e. The first-order chi connectivity index (χ1) is 7.74. The van der Waals surface area contributed by atoms with E-state index < -0.39 is 0 Å². The molecule has 0 radical (unpaired) electrons. The van der Waals surface area contributed by atoms with Crippen molar-refractivity contribution in [3.8, 4) is 0 Å². The number of thiophene rings is 1. The smallest absolute Gasteiger partial charge is 0.00871 e. The van der Waals surface area contributed by atoms with E-state index in [0.29, 0.717) is 6.04 Å². The fourth-order valence-electron chi connectivity index (χ4n) is 2.08. The van der Waals surface area contributed by atoms with Crippen molar-refractivity contribution in [1.82, 2.24) is 5.32 Å². The van der Waals surface area contributed by atoms with Crippen LogP contribution in [0.5, 0.6) is 0 Å². The van der Waals surface area contributed by atoms with Crippen LogP contribution in [0.3, 0.4) is 0 Å². The van der Waals surface area contributed by atoms with Crippen LogP contribution in [-0.4, -0.2) is 24.1 Å². The molecule has 0 spiro atoms. The number of hydrogen-bond donors (Lipinski definition) is 1. The van der Waals surface area contributed by atoms with Crippen molar-refractivity contribution in [1.29, 1.82) is 0 Å². The molecule has 16 heavy (non-hydrogen) atoms. The Morgan fingerprint density at radius 3 is 3.00 bits per heavy atom. The van der Waals surface area contributed by atoms with E-state index in [1.165, 1.54) is 40.6 Å². The highest BCUT2D eigenvalue weighted by Gasteiger charge is 2.16. The minimum absolute atomic E-state index is 0.614. The standard InChI is InChI=1S/C13H21NS2/c1-10(7-13-4-3-11(2)16-13)14-8-12-5-6-15-9-12/h3-4,10,12,14H,5-9H2,1-2H3. The molecule has 2 unspecified atom stereocenters. The van der Waals surface area contributed by atoms with Crippen molar-refractivity contribution < 1.29 is 0 Å². The van der Waals surface area contributed by atoms with Gasteiger partial charge in [0.2, 0.25) is 0 Å². The number of nitrogens with one attached hydrogen (secondary N) is 1. The lowest BCUT2D eigenvalue weighted by atomic mass is 10.1. The Kier molecular flexibility index (Phi) is 4.74. The summed E-state index contributed by atoms with van der Waals surface area (Å²) in [5.41, 5.74) is 0. The van der Waals surface area contributed by atoms with Crippen LogP contribution in [0.25, 0.3) is 0 Å². The second-order valence-electron chi connectivity index (χ2n) is 4.76. The first kappa shape index (κ1) is 12.5. The fraction of sp³-hybridized carbons (Fsp3) is 0.692. The predicted octanol–water partition coefficient (Wildman–Crippen LogP) is 3.33. The molecule has 0 aromatic carbocycles. The minimum atomic E-state index is 0.614. The predicted molar refractivity (Wildman–Crippen MR) is 75.7 cm³/mol. The van der Waals surface area contributed by atoms with E-state index in [1.807, 2.05) is 11.3 Å². The number of thioether (sulfide) groups is 1. The molecule has 1 aromatic rings. The summed E-state index contributed by atoms with van der Waals surface area (Å²) < 4.78 is 0. The molecule has 2 rings (SSSR count). The molecule has 1 aromatic heterocycles. The van der Waals surface area contributed by atoms with Gasteiger partial charge in [0.1, 0.15) is 0 Å². The van der Waals surface area contributed by atoms with E-state index >= 15 is 0 Å². The first-order valence-corrected chi connectivity index (χ1v) is 8.07. The molecule has 2 heterocycles. The van der Waals surface area contributed by atoms with Gasteiger partial charge >= 0.3 is 0 Å². The Bertz CT molecular complexity index is 315. The fourth-order valence-corrected chi connectivity index (χ4v) is 4.38. The average Bonchev–Trinajstić information content (AvgIpc) is 2.87. The van der Waals surface area contributed by atoms with Crippen LogP contribution in [0, 0.1) is 12.8 Å². The van der Waals surface area contributed by atoms with Gasteiger partial charge in [0.25, 0.3) is 0 Å². The Balaban J connectivity index is 1.69.